The lowest BCUT2D eigenvalue weighted by Crippen LogP contribution is -2.21. The first-order valence-corrected chi connectivity index (χ1v) is 6.14. The maximum absolute atomic E-state index is 6.03. The lowest BCUT2D eigenvalue weighted by molar-refractivity contribution is 0.108. The molecule has 5 nitrogen and oxygen atoms in total. The van der Waals surface area contributed by atoms with E-state index >= 15 is 0 Å². The highest BCUT2D eigenvalue weighted by Crippen LogP contribution is 2.23. The minimum atomic E-state index is 0.298. The van der Waals surface area contributed by atoms with Gasteiger partial charge < -0.3 is 15.4 Å². The van der Waals surface area contributed by atoms with Crippen LogP contribution in [0.1, 0.15) is 13.3 Å². The number of anilines is 2. The summed E-state index contributed by atoms with van der Waals surface area (Å²) < 4.78 is 5.51. The van der Waals surface area contributed by atoms with Crippen molar-refractivity contribution >= 4 is 23.4 Å². The number of halogens is 1. The Hall–Kier alpha value is -1.07. The van der Waals surface area contributed by atoms with Crippen molar-refractivity contribution in [1.82, 2.24) is 9.97 Å². The average molecular weight is 257 g/mol. The smallest absolute Gasteiger partial charge is 0.224 e. The zero-order valence-electron chi connectivity index (χ0n) is 10.0. The Morgan fingerprint density at radius 3 is 3.06 bits per heavy atom. The van der Waals surface area contributed by atoms with Crippen LogP contribution in [0, 0.1) is 5.92 Å². The molecule has 0 aliphatic carbocycles. The number of aromatic nitrogens is 2. The maximum atomic E-state index is 6.03. The number of hydrogen-bond donors (Lipinski definition) is 2. The molecule has 17 heavy (non-hydrogen) atoms. The van der Waals surface area contributed by atoms with E-state index in [1.54, 1.807) is 13.2 Å². The van der Waals surface area contributed by atoms with Gasteiger partial charge >= 0.3 is 0 Å². The van der Waals surface area contributed by atoms with Crippen LogP contribution in [-0.2, 0) is 4.74 Å². The van der Waals surface area contributed by atoms with E-state index in [0.717, 1.165) is 19.6 Å². The van der Waals surface area contributed by atoms with Gasteiger partial charge in [0.1, 0.15) is 10.8 Å². The summed E-state index contributed by atoms with van der Waals surface area (Å²) in [6.45, 7) is 3.76. The van der Waals surface area contributed by atoms with Crippen molar-refractivity contribution < 1.29 is 4.74 Å². The number of nitrogens with one attached hydrogen (secondary N) is 2. The van der Waals surface area contributed by atoms with Crippen molar-refractivity contribution in [2.24, 2.45) is 5.92 Å². The topological polar surface area (TPSA) is 59.1 Å². The summed E-state index contributed by atoms with van der Waals surface area (Å²) in [5.41, 5.74) is 0. The van der Waals surface area contributed by atoms with E-state index in [9.17, 15) is 0 Å². The minimum Gasteiger partial charge on any atom is -0.378 e. The van der Waals surface area contributed by atoms with E-state index in [2.05, 4.69) is 27.5 Å². The van der Waals surface area contributed by atoms with Gasteiger partial charge in [-0.15, -0.1) is 0 Å². The van der Waals surface area contributed by atoms with Crippen molar-refractivity contribution in [1.29, 1.82) is 0 Å². The molecular weight excluding hydrogens is 240 g/mol. The van der Waals surface area contributed by atoms with E-state index < -0.39 is 0 Å². The number of ether oxygens (including phenoxy) is 1. The standard InChI is InChI=1S/C11H17ClN4O/c1-7-8(3-4-17-7)5-14-10-9(12)6-15-11(13-2)16-10/h6-8H,3-5H2,1-2H3,(H2,13,14,15,16). The Morgan fingerprint density at radius 2 is 2.41 bits per heavy atom. The van der Waals surface area contributed by atoms with E-state index in [-0.39, 0.29) is 0 Å². The molecule has 1 fully saturated rings. The quantitative estimate of drug-likeness (QED) is 0.863. The van der Waals surface area contributed by atoms with Crippen molar-refractivity contribution in [2.45, 2.75) is 19.4 Å². The first-order valence-electron chi connectivity index (χ1n) is 5.76. The first kappa shape index (κ1) is 12.4. The predicted octanol–water partition coefficient (Wildman–Crippen LogP) is 2.01. The van der Waals surface area contributed by atoms with Crippen molar-refractivity contribution in [3.63, 3.8) is 0 Å². The van der Waals surface area contributed by atoms with E-state index in [1.165, 1.54) is 0 Å². The molecule has 2 unspecified atom stereocenters. The Morgan fingerprint density at radius 1 is 1.59 bits per heavy atom. The Balaban J connectivity index is 1.98. The maximum Gasteiger partial charge on any atom is 0.224 e. The molecule has 0 saturated carbocycles. The van der Waals surface area contributed by atoms with Gasteiger partial charge in [0.2, 0.25) is 5.95 Å². The molecule has 6 heteroatoms. The molecule has 1 aliphatic rings. The lowest BCUT2D eigenvalue weighted by Gasteiger charge is -2.15. The molecule has 0 radical (unpaired) electrons. The molecule has 0 bridgehead atoms. The van der Waals surface area contributed by atoms with Crippen LogP contribution < -0.4 is 10.6 Å². The summed E-state index contributed by atoms with van der Waals surface area (Å²) in [4.78, 5) is 8.30. The van der Waals surface area contributed by atoms with Gasteiger partial charge in [-0.1, -0.05) is 11.6 Å². The summed E-state index contributed by atoms with van der Waals surface area (Å²) in [7, 11) is 1.78. The number of nitrogens with zero attached hydrogens (tertiary/aromatic N) is 2. The fraction of sp³-hybridized carbons (Fsp3) is 0.636. The van der Waals surface area contributed by atoms with Gasteiger partial charge in [-0.25, -0.2) is 4.98 Å². The third kappa shape index (κ3) is 2.98. The highest BCUT2D eigenvalue weighted by atomic mass is 35.5. The van der Waals surface area contributed by atoms with Gasteiger partial charge in [0.15, 0.2) is 0 Å². The summed E-state index contributed by atoms with van der Waals surface area (Å²) in [6, 6.07) is 0. The Kier molecular flexibility index (Phi) is 4.02. The second-order valence-electron chi connectivity index (χ2n) is 4.15. The third-order valence-corrected chi connectivity index (χ3v) is 3.31. The zero-order valence-corrected chi connectivity index (χ0v) is 10.8. The largest absolute Gasteiger partial charge is 0.378 e. The van der Waals surface area contributed by atoms with Crippen molar-refractivity contribution in [2.75, 3.05) is 30.8 Å². The third-order valence-electron chi connectivity index (χ3n) is 3.03. The highest BCUT2D eigenvalue weighted by Gasteiger charge is 2.24. The second-order valence-corrected chi connectivity index (χ2v) is 4.55. The van der Waals surface area contributed by atoms with Crippen LogP contribution in [-0.4, -0.2) is 36.3 Å². The summed E-state index contributed by atoms with van der Waals surface area (Å²) >= 11 is 6.03. The molecule has 1 aromatic heterocycles. The Bertz CT molecular complexity index is 388. The van der Waals surface area contributed by atoms with Gasteiger partial charge in [0, 0.05) is 26.1 Å². The van der Waals surface area contributed by atoms with Crippen LogP contribution in [0.5, 0.6) is 0 Å². The summed E-state index contributed by atoms with van der Waals surface area (Å²) in [5, 5.41) is 6.68. The average Bonchev–Trinajstić information content (AvgIpc) is 2.74. The van der Waals surface area contributed by atoms with Gasteiger partial charge in [0.05, 0.1) is 12.3 Å². The molecule has 2 atom stereocenters. The molecule has 2 rings (SSSR count). The first-order chi connectivity index (χ1) is 8.20. The monoisotopic (exact) mass is 256 g/mol. The SMILES string of the molecule is CNc1ncc(Cl)c(NCC2CCOC2C)n1. The molecule has 2 N–H and O–H groups in total. The Labute approximate surface area is 106 Å². The van der Waals surface area contributed by atoms with Crippen LogP contribution >= 0.6 is 11.6 Å². The van der Waals surface area contributed by atoms with Crippen LogP contribution in [0.4, 0.5) is 11.8 Å². The van der Waals surface area contributed by atoms with E-state index in [1.807, 2.05) is 0 Å². The second kappa shape index (κ2) is 5.51. The van der Waals surface area contributed by atoms with Gasteiger partial charge in [-0.05, 0) is 13.3 Å². The lowest BCUT2D eigenvalue weighted by atomic mass is 10.0. The molecule has 2 heterocycles. The van der Waals surface area contributed by atoms with Crippen molar-refractivity contribution in [3.8, 4) is 0 Å². The molecular formula is C11H17ClN4O. The molecule has 1 saturated heterocycles. The van der Waals surface area contributed by atoms with Crippen molar-refractivity contribution in [3.05, 3.63) is 11.2 Å². The van der Waals surface area contributed by atoms with Crippen LogP contribution in [0.25, 0.3) is 0 Å². The minimum absolute atomic E-state index is 0.298. The number of rotatable bonds is 4. The van der Waals surface area contributed by atoms with Gasteiger partial charge in [-0.3, -0.25) is 0 Å². The fourth-order valence-electron chi connectivity index (χ4n) is 1.88. The van der Waals surface area contributed by atoms with Crippen LogP contribution in [0.15, 0.2) is 6.20 Å². The molecule has 0 amide bonds. The number of hydrogen-bond acceptors (Lipinski definition) is 5. The zero-order chi connectivity index (χ0) is 12.3. The van der Waals surface area contributed by atoms with E-state index in [0.29, 0.717) is 28.8 Å². The molecule has 1 aliphatic heterocycles. The van der Waals surface area contributed by atoms with Crippen LogP contribution in [0.3, 0.4) is 0 Å². The molecule has 1 aromatic rings. The van der Waals surface area contributed by atoms with Crippen LogP contribution in [0.2, 0.25) is 5.02 Å². The van der Waals surface area contributed by atoms with E-state index in [4.69, 9.17) is 16.3 Å². The molecule has 0 aromatic carbocycles. The van der Waals surface area contributed by atoms with Gasteiger partial charge in [0.25, 0.3) is 0 Å². The molecule has 0 spiro atoms. The molecule has 94 valence electrons. The summed E-state index contributed by atoms with van der Waals surface area (Å²) in [6.07, 6.45) is 2.97. The normalized spacial score (nSPS) is 23.7. The van der Waals surface area contributed by atoms with Gasteiger partial charge in [-0.2, -0.15) is 4.98 Å². The highest BCUT2D eigenvalue weighted by molar-refractivity contribution is 6.32. The fourth-order valence-corrected chi connectivity index (χ4v) is 2.04. The predicted molar refractivity (Wildman–Crippen MR) is 68.6 cm³/mol. The summed E-state index contributed by atoms with van der Waals surface area (Å²) in [5.74, 6) is 1.75.